The number of rotatable bonds is 5. The maximum absolute atomic E-state index is 12.7. The van der Waals surface area contributed by atoms with E-state index in [1.54, 1.807) is 61.8 Å². The number of benzene rings is 1. The molecule has 0 fully saturated rings. The Kier molecular flexibility index (Phi) is 5.08. The summed E-state index contributed by atoms with van der Waals surface area (Å²) in [5.74, 6) is 1.25. The summed E-state index contributed by atoms with van der Waals surface area (Å²) in [7, 11) is 0. The highest BCUT2D eigenvalue weighted by Gasteiger charge is 2.13. The van der Waals surface area contributed by atoms with Crippen LogP contribution in [0.3, 0.4) is 0 Å². The Labute approximate surface area is 185 Å². The highest BCUT2D eigenvalue weighted by atomic mass is 32.1. The summed E-state index contributed by atoms with van der Waals surface area (Å²) < 4.78 is 12.6. The Morgan fingerprint density at radius 2 is 2.00 bits per heavy atom. The minimum absolute atomic E-state index is 0.260. The molecule has 0 unspecified atom stereocenters. The average Bonchev–Trinajstić information content (AvgIpc) is 3.52. The fourth-order valence-electron chi connectivity index (χ4n) is 3.15. The average molecular weight is 444 g/mol. The first-order valence-electron chi connectivity index (χ1n) is 9.81. The van der Waals surface area contributed by atoms with Crippen molar-refractivity contribution in [3.8, 4) is 22.7 Å². The predicted molar refractivity (Wildman–Crippen MR) is 119 cm³/mol. The van der Waals surface area contributed by atoms with E-state index in [1.807, 2.05) is 12.1 Å². The van der Waals surface area contributed by atoms with Gasteiger partial charge in [-0.2, -0.15) is 9.50 Å². The second-order valence-corrected chi connectivity index (χ2v) is 7.80. The van der Waals surface area contributed by atoms with Crippen molar-refractivity contribution >= 4 is 28.3 Å². The van der Waals surface area contributed by atoms with Crippen LogP contribution in [0.1, 0.15) is 23.0 Å². The number of hydrogen-bond donors (Lipinski definition) is 0. The van der Waals surface area contributed by atoms with Gasteiger partial charge in [0, 0.05) is 29.6 Å². The summed E-state index contributed by atoms with van der Waals surface area (Å²) in [5.41, 5.74) is 1.77. The Hall–Kier alpha value is -4.11. The van der Waals surface area contributed by atoms with Crippen LogP contribution in [0.15, 0.2) is 70.1 Å². The van der Waals surface area contributed by atoms with Crippen molar-refractivity contribution in [1.82, 2.24) is 19.6 Å². The predicted octanol–water partition coefficient (Wildman–Crippen LogP) is 3.20. The van der Waals surface area contributed by atoms with Gasteiger partial charge in [-0.15, -0.1) is 5.10 Å². The Bertz CT molecular complexity index is 1520. The molecule has 0 amide bonds. The third-order valence-corrected chi connectivity index (χ3v) is 5.64. The molecule has 9 heteroatoms. The number of carbonyl (C=O) groups is 1. The van der Waals surface area contributed by atoms with Crippen LogP contribution in [0.2, 0.25) is 0 Å². The van der Waals surface area contributed by atoms with E-state index in [0.717, 1.165) is 11.1 Å². The summed E-state index contributed by atoms with van der Waals surface area (Å²) >= 11 is 1.24. The van der Waals surface area contributed by atoms with Gasteiger partial charge in [0.1, 0.15) is 16.1 Å². The second-order valence-electron chi connectivity index (χ2n) is 6.79. The molecule has 8 nitrogen and oxygen atoms in total. The monoisotopic (exact) mass is 444 g/mol. The smallest absolute Gasteiger partial charge is 0.338 e. The Morgan fingerprint density at radius 1 is 1.16 bits per heavy atom. The lowest BCUT2D eigenvalue weighted by Crippen LogP contribution is -2.23. The molecule has 158 valence electrons. The van der Waals surface area contributed by atoms with Crippen molar-refractivity contribution in [1.29, 1.82) is 0 Å². The lowest BCUT2D eigenvalue weighted by Gasteiger charge is -2.02. The van der Waals surface area contributed by atoms with E-state index in [1.165, 1.54) is 15.9 Å². The number of carbonyl (C=O) groups excluding carboxylic acids is 1. The highest BCUT2D eigenvalue weighted by Crippen LogP contribution is 2.23. The van der Waals surface area contributed by atoms with Gasteiger partial charge in [-0.3, -0.25) is 9.78 Å². The number of ether oxygens (including phenoxy) is 1. The van der Waals surface area contributed by atoms with Crippen molar-refractivity contribution in [2.24, 2.45) is 0 Å². The minimum Gasteiger partial charge on any atom is -0.462 e. The van der Waals surface area contributed by atoms with Crippen molar-refractivity contribution in [3.05, 3.63) is 87.1 Å². The largest absolute Gasteiger partial charge is 0.462 e. The molecule has 0 spiro atoms. The normalized spacial score (nSPS) is 11.8. The van der Waals surface area contributed by atoms with Crippen LogP contribution in [0.5, 0.6) is 0 Å². The number of fused-ring (bicyclic) bond motifs is 1. The number of pyridine rings is 1. The maximum atomic E-state index is 12.7. The van der Waals surface area contributed by atoms with Gasteiger partial charge < -0.3 is 9.15 Å². The molecule has 0 aliphatic heterocycles. The van der Waals surface area contributed by atoms with E-state index in [0.29, 0.717) is 39.0 Å². The topological polar surface area (TPSA) is 99.6 Å². The molecule has 0 aliphatic carbocycles. The van der Waals surface area contributed by atoms with Crippen LogP contribution in [-0.4, -0.2) is 32.2 Å². The molecule has 4 heterocycles. The summed E-state index contributed by atoms with van der Waals surface area (Å²) in [6, 6.07) is 14.2. The van der Waals surface area contributed by atoms with Gasteiger partial charge in [0.25, 0.3) is 5.56 Å². The number of nitrogens with zero attached hydrogens (tertiary/aromatic N) is 4. The molecule has 0 atom stereocenters. The van der Waals surface area contributed by atoms with Gasteiger partial charge in [0.2, 0.25) is 4.96 Å². The van der Waals surface area contributed by atoms with Gasteiger partial charge in [-0.25, -0.2) is 4.79 Å². The van der Waals surface area contributed by atoms with E-state index in [9.17, 15) is 9.59 Å². The lowest BCUT2D eigenvalue weighted by molar-refractivity contribution is 0.0526. The van der Waals surface area contributed by atoms with E-state index in [4.69, 9.17) is 9.15 Å². The van der Waals surface area contributed by atoms with E-state index >= 15 is 0 Å². The van der Waals surface area contributed by atoms with Crippen LogP contribution < -0.4 is 10.1 Å². The molecular formula is C23H16N4O4S. The van der Waals surface area contributed by atoms with Gasteiger partial charge >= 0.3 is 5.97 Å². The van der Waals surface area contributed by atoms with Crippen LogP contribution in [-0.2, 0) is 4.74 Å². The van der Waals surface area contributed by atoms with Crippen molar-refractivity contribution in [2.45, 2.75) is 6.92 Å². The standard InChI is InChI=1S/C23H16N4O4S/c1-2-30-22(29)15-7-5-14(6-8-15)18-10-9-17(31-18)12-19-21(28)27-23(32-19)25-20(26-27)16-4-3-11-24-13-16/h3-13H,2H2,1H3. The fourth-order valence-corrected chi connectivity index (χ4v) is 4.04. The molecule has 0 saturated heterocycles. The Balaban J connectivity index is 1.42. The number of thiazole rings is 1. The number of hydrogen-bond acceptors (Lipinski definition) is 8. The van der Waals surface area contributed by atoms with Crippen LogP contribution in [0.4, 0.5) is 0 Å². The molecule has 0 aliphatic rings. The second kappa shape index (κ2) is 8.20. The zero-order valence-electron chi connectivity index (χ0n) is 16.9. The summed E-state index contributed by atoms with van der Waals surface area (Å²) in [5, 5.41) is 4.31. The van der Waals surface area contributed by atoms with Crippen molar-refractivity contribution in [2.75, 3.05) is 6.61 Å². The summed E-state index contributed by atoms with van der Waals surface area (Å²) in [4.78, 5) is 33.5. The first kappa shape index (κ1) is 19.8. The van der Waals surface area contributed by atoms with Crippen molar-refractivity contribution < 1.29 is 13.9 Å². The number of furan rings is 1. The van der Waals surface area contributed by atoms with Crippen LogP contribution >= 0.6 is 11.3 Å². The van der Waals surface area contributed by atoms with E-state index in [-0.39, 0.29) is 11.5 Å². The lowest BCUT2D eigenvalue weighted by atomic mass is 10.1. The zero-order chi connectivity index (χ0) is 22.1. The third kappa shape index (κ3) is 3.69. The molecule has 5 aromatic rings. The molecule has 4 aromatic heterocycles. The van der Waals surface area contributed by atoms with E-state index < -0.39 is 0 Å². The Morgan fingerprint density at radius 3 is 2.72 bits per heavy atom. The van der Waals surface area contributed by atoms with Crippen molar-refractivity contribution in [3.63, 3.8) is 0 Å². The molecule has 5 rings (SSSR count). The molecule has 1 aromatic carbocycles. The van der Waals surface area contributed by atoms with Crippen LogP contribution in [0.25, 0.3) is 33.7 Å². The first-order valence-corrected chi connectivity index (χ1v) is 10.6. The molecular weight excluding hydrogens is 428 g/mol. The quantitative estimate of drug-likeness (QED) is 0.384. The summed E-state index contributed by atoms with van der Waals surface area (Å²) in [6.45, 7) is 2.09. The molecule has 0 saturated carbocycles. The van der Waals surface area contributed by atoms with Gasteiger partial charge in [-0.05, 0) is 43.3 Å². The van der Waals surface area contributed by atoms with Gasteiger partial charge in [0.05, 0.1) is 12.2 Å². The number of aromatic nitrogens is 4. The maximum Gasteiger partial charge on any atom is 0.338 e. The molecule has 0 radical (unpaired) electrons. The fraction of sp³-hybridized carbons (Fsp3) is 0.0870. The van der Waals surface area contributed by atoms with Gasteiger partial charge in [-0.1, -0.05) is 23.5 Å². The van der Waals surface area contributed by atoms with Crippen LogP contribution in [0, 0.1) is 0 Å². The highest BCUT2D eigenvalue weighted by molar-refractivity contribution is 7.15. The minimum atomic E-state index is -0.363. The van der Waals surface area contributed by atoms with Gasteiger partial charge in [0.15, 0.2) is 5.82 Å². The van der Waals surface area contributed by atoms with E-state index in [2.05, 4.69) is 15.1 Å². The molecule has 32 heavy (non-hydrogen) atoms. The summed E-state index contributed by atoms with van der Waals surface area (Å²) in [6.07, 6.45) is 4.99. The number of esters is 1. The first-order chi connectivity index (χ1) is 15.6. The SMILES string of the molecule is CCOC(=O)c1ccc(-c2ccc(C=c3sc4nc(-c5cccnc5)nn4c3=O)o2)cc1. The zero-order valence-corrected chi connectivity index (χ0v) is 17.7. The third-order valence-electron chi connectivity index (χ3n) is 4.68. The molecule has 0 N–H and O–H groups in total. The molecule has 0 bridgehead atoms.